The molecule has 3 aromatic carbocycles. The molecule has 176 valence electrons. The average molecular weight is 520 g/mol. The molecule has 34 heavy (non-hydrogen) atoms. The van der Waals surface area contributed by atoms with Crippen LogP contribution in [0.4, 0.5) is 0 Å². The Balaban J connectivity index is 1.59. The second-order valence-electron chi connectivity index (χ2n) is 8.02. The fourth-order valence-electron chi connectivity index (χ4n) is 3.79. The summed E-state index contributed by atoms with van der Waals surface area (Å²) in [5.41, 5.74) is 0.687. The fourth-order valence-corrected chi connectivity index (χ4v) is 4.77. The second kappa shape index (κ2) is 9.37. The standard InChI is InChI=1S/C24H19Cl2NO6S/c1-34(31,32)9-8-21(27-22(28)17-11-19(25)20(26)12-18(17)23(27)29)24(30)33-13-14-6-7-15-4-2-3-5-16(15)10-14/h2-7,10-12,21H,8-9,13H2,1H3. The monoisotopic (exact) mass is 519 g/mol. The number of hydrogen-bond acceptors (Lipinski definition) is 6. The number of fused-ring (bicyclic) bond motifs is 2. The van der Waals surface area contributed by atoms with Gasteiger partial charge >= 0.3 is 5.97 Å². The van der Waals surface area contributed by atoms with Crippen molar-refractivity contribution in [1.82, 2.24) is 4.90 Å². The summed E-state index contributed by atoms with van der Waals surface area (Å²) in [7, 11) is -3.49. The summed E-state index contributed by atoms with van der Waals surface area (Å²) in [4.78, 5) is 39.8. The van der Waals surface area contributed by atoms with Crippen molar-refractivity contribution in [3.8, 4) is 0 Å². The van der Waals surface area contributed by atoms with Crippen molar-refractivity contribution in [2.75, 3.05) is 12.0 Å². The molecule has 0 saturated heterocycles. The van der Waals surface area contributed by atoms with Crippen molar-refractivity contribution >= 4 is 61.6 Å². The van der Waals surface area contributed by atoms with Gasteiger partial charge in [0.25, 0.3) is 11.8 Å². The van der Waals surface area contributed by atoms with Gasteiger partial charge in [-0.2, -0.15) is 0 Å². The Hall–Kier alpha value is -2.94. The van der Waals surface area contributed by atoms with Crippen LogP contribution in [0.25, 0.3) is 10.8 Å². The van der Waals surface area contributed by atoms with E-state index in [9.17, 15) is 22.8 Å². The predicted octanol–water partition coefficient (Wildman–Crippen LogP) is 4.29. The normalized spacial score (nSPS) is 14.4. The quantitative estimate of drug-likeness (QED) is 0.341. The number of nitrogens with zero attached hydrogens (tertiary/aromatic N) is 1. The molecule has 0 spiro atoms. The molecule has 0 aliphatic carbocycles. The van der Waals surface area contributed by atoms with Crippen LogP contribution in [0, 0.1) is 0 Å². The minimum Gasteiger partial charge on any atom is -0.459 e. The second-order valence-corrected chi connectivity index (χ2v) is 11.1. The molecule has 0 N–H and O–H groups in total. The highest BCUT2D eigenvalue weighted by Gasteiger charge is 2.44. The van der Waals surface area contributed by atoms with E-state index in [-0.39, 0.29) is 34.2 Å². The zero-order valence-electron chi connectivity index (χ0n) is 18.0. The summed E-state index contributed by atoms with van der Waals surface area (Å²) in [5.74, 6) is -2.83. The van der Waals surface area contributed by atoms with Crippen LogP contribution >= 0.6 is 23.2 Å². The molecule has 3 aromatic rings. The number of benzene rings is 3. The van der Waals surface area contributed by atoms with Crippen molar-refractivity contribution < 1.29 is 27.5 Å². The van der Waals surface area contributed by atoms with E-state index < -0.39 is 39.4 Å². The number of rotatable bonds is 7. The summed E-state index contributed by atoms with van der Waals surface area (Å²) in [6.07, 6.45) is 0.703. The maximum absolute atomic E-state index is 13.0. The summed E-state index contributed by atoms with van der Waals surface area (Å²) >= 11 is 12.0. The Kier molecular flexibility index (Phi) is 6.66. The van der Waals surface area contributed by atoms with Gasteiger partial charge in [-0.25, -0.2) is 13.2 Å². The molecule has 2 amide bonds. The SMILES string of the molecule is CS(=O)(=O)CCC(C(=O)OCc1ccc2ccccc2c1)N1C(=O)c2cc(Cl)c(Cl)cc2C1=O. The van der Waals surface area contributed by atoms with E-state index in [1.807, 2.05) is 36.4 Å². The first kappa shape index (κ1) is 24.2. The molecule has 0 radical (unpaired) electrons. The van der Waals surface area contributed by atoms with Crippen LogP contribution in [0.3, 0.4) is 0 Å². The van der Waals surface area contributed by atoms with Crippen LogP contribution in [-0.4, -0.2) is 49.2 Å². The zero-order chi connectivity index (χ0) is 24.6. The predicted molar refractivity (Wildman–Crippen MR) is 129 cm³/mol. The molecular weight excluding hydrogens is 501 g/mol. The molecular formula is C24H19Cl2NO6S. The zero-order valence-corrected chi connectivity index (χ0v) is 20.3. The fraction of sp³-hybridized carbons (Fsp3) is 0.208. The third kappa shape index (κ3) is 4.94. The smallest absolute Gasteiger partial charge is 0.329 e. The van der Waals surface area contributed by atoms with Gasteiger partial charge in [-0.3, -0.25) is 14.5 Å². The number of halogens is 2. The van der Waals surface area contributed by atoms with Crippen LogP contribution in [0.2, 0.25) is 10.0 Å². The molecule has 0 bridgehead atoms. The van der Waals surface area contributed by atoms with E-state index in [0.29, 0.717) is 5.56 Å². The third-order valence-electron chi connectivity index (χ3n) is 5.50. The van der Waals surface area contributed by atoms with E-state index in [2.05, 4.69) is 0 Å². The van der Waals surface area contributed by atoms with Crippen molar-refractivity contribution in [2.45, 2.75) is 19.1 Å². The molecule has 1 aliphatic heterocycles. The van der Waals surface area contributed by atoms with Gasteiger partial charge in [0.2, 0.25) is 0 Å². The summed E-state index contributed by atoms with van der Waals surface area (Å²) in [6, 6.07) is 14.3. The number of carbonyl (C=O) groups excluding carboxylic acids is 3. The largest absolute Gasteiger partial charge is 0.459 e. The lowest BCUT2D eigenvalue weighted by molar-refractivity contribution is -0.149. The first-order valence-electron chi connectivity index (χ1n) is 10.2. The maximum Gasteiger partial charge on any atom is 0.329 e. The van der Waals surface area contributed by atoms with Crippen LogP contribution in [0.1, 0.15) is 32.7 Å². The van der Waals surface area contributed by atoms with Crippen molar-refractivity contribution in [1.29, 1.82) is 0 Å². The Bertz CT molecular complexity index is 1400. The highest BCUT2D eigenvalue weighted by atomic mass is 35.5. The summed E-state index contributed by atoms with van der Waals surface area (Å²) in [5, 5.41) is 2.13. The molecule has 1 unspecified atom stereocenters. The van der Waals surface area contributed by atoms with E-state index in [4.69, 9.17) is 27.9 Å². The number of amides is 2. The van der Waals surface area contributed by atoms with E-state index in [0.717, 1.165) is 21.9 Å². The number of hydrogen-bond donors (Lipinski definition) is 0. The molecule has 1 atom stereocenters. The van der Waals surface area contributed by atoms with Gasteiger partial charge in [-0.1, -0.05) is 59.6 Å². The third-order valence-corrected chi connectivity index (χ3v) is 7.20. The molecule has 4 rings (SSSR count). The molecule has 7 nitrogen and oxygen atoms in total. The lowest BCUT2D eigenvalue weighted by atomic mass is 10.1. The van der Waals surface area contributed by atoms with Gasteiger partial charge in [0, 0.05) is 6.26 Å². The van der Waals surface area contributed by atoms with E-state index in [1.54, 1.807) is 6.07 Å². The van der Waals surface area contributed by atoms with Gasteiger partial charge in [0.1, 0.15) is 22.5 Å². The van der Waals surface area contributed by atoms with Gasteiger partial charge in [-0.05, 0) is 41.0 Å². The molecule has 1 aliphatic rings. The first-order chi connectivity index (χ1) is 16.0. The summed E-state index contributed by atoms with van der Waals surface area (Å²) < 4.78 is 29.0. The number of ether oxygens (including phenoxy) is 1. The van der Waals surface area contributed by atoms with Gasteiger partial charge in [-0.15, -0.1) is 0 Å². The minimum atomic E-state index is -3.49. The number of esters is 1. The van der Waals surface area contributed by atoms with Crippen molar-refractivity contribution in [3.05, 3.63) is 81.3 Å². The number of imide groups is 1. The molecule has 10 heteroatoms. The minimum absolute atomic E-state index is 0.00825. The molecule has 1 heterocycles. The Labute approximate surface area is 206 Å². The summed E-state index contributed by atoms with van der Waals surface area (Å²) in [6.45, 7) is -0.111. The van der Waals surface area contributed by atoms with Crippen molar-refractivity contribution in [3.63, 3.8) is 0 Å². The van der Waals surface area contributed by atoms with Crippen LogP contribution in [0.15, 0.2) is 54.6 Å². The number of carbonyl (C=O) groups is 3. The average Bonchev–Trinajstić information content (AvgIpc) is 3.01. The van der Waals surface area contributed by atoms with Gasteiger partial charge in [0.05, 0.1) is 26.9 Å². The van der Waals surface area contributed by atoms with Crippen molar-refractivity contribution in [2.24, 2.45) is 0 Å². The first-order valence-corrected chi connectivity index (χ1v) is 13.1. The number of sulfone groups is 1. The highest BCUT2D eigenvalue weighted by Crippen LogP contribution is 2.33. The molecule has 0 saturated carbocycles. The Morgan fingerprint density at radius 2 is 1.53 bits per heavy atom. The van der Waals surface area contributed by atoms with Gasteiger partial charge in [0.15, 0.2) is 0 Å². The van der Waals surface area contributed by atoms with E-state index >= 15 is 0 Å². The van der Waals surface area contributed by atoms with Crippen LogP contribution in [0.5, 0.6) is 0 Å². The topological polar surface area (TPSA) is 97.8 Å². The Morgan fingerprint density at radius 3 is 2.12 bits per heavy atom. The lowest BCUT2D eigenvalue weighted by Gasteiger charge is -2.24. The maximum atomic E-state index is 13.0. The van der Waals surface area contributed by atoms with Gasteiger partial charge < -0.3 is 4.74 Å². The Morgan fingerprint density at radius 1 is 0.941 bits per heavy atom. The van der Waals surface area contributed by atoms with Crippen LogP contribution < -0.4 is 0 Å². The molecule has 0 aromatic heterocycles. The highest BCUT2D eigenvalue weighted by molar-refractivity contribution is 7.90. The van der Waals surface area contributed by atoms with Crippen LogP contribution in [-0.2, 0) is 26.0 Å². The lowest BCUT2D eigenvalue weighted by Crippen LogP contribution is -2.46. The molecule has 0 fully saturated rings. The van der Waals surface area contributed by atoms with E-state index in [1.165, 1.54) is 12.1 Å².